The Morgan fingerprint density at radius 1 is 0.771 bits per heavy atom. The summed E-state index contributed by atoms with van der Waals surface area (Å²) in [5.74, 6) is 0. The van der Waals surface area contributed by atoms with E-state index in [-0.39, 0.29) is 16.6 Å². The maximum absolute atomic E-state index is 6.46. The summed E-state index contributed by atoms with van der Waals surface area (Å²) in [4.78, 5) is 0. The van der Waals surface area contributed by atoms with Gasteiger partial charge < -0.3 is 4.74 Å². The molecule has 1 saturated carbocycles. The predicted molar refractivity (Wildman–Crippen MR) is 153 cm³/mol. The standard InChI is InChI=1S/C33H38OP/c1-27(21-25-33-31(2,3)23-14-24-32(33,4)34-33)22-26-35(28-15-8-5-9-16-28,29-17-10-6-11-18-29)30-19-12-7-13-20-30/h5-13,15-22,25H,14,23-24,26H2,1-4H3/q+1/b25-21+,27-22+. The van der Waals surface area contributed by atoms with Crippen molar-refractivity contribution in [1.29, 1.82) is 0 Å². The molecule has 0 amide bonds. The number of rotatable bonds is 7. The summed E-state index contributed by atoms with van der Waals surface area (Å²) in [5.41, 5.74) is 1.36. The van der Waals surface area contributed by atoms with Gasteiger partial charge in [0.2, 0.25) is 0 Å². The van der Waals surface area contributed by atoms with Gasteiger partial charge in [-0.05, 0) is 81.7 Å². The highest BCUT2D eigenvalue weighted by atomic mass is 31.2. The smallest absolute Gasteiger partial charge is 0.121 e. The first-order valence-corrected chi connectivity index (χ1v) is 14.9. The molecular formula is C33H38OP+. The van der Waals surface area contributed by atoms with Crippen LogP contribution in [0.2, 0.25) is 0 Å². The van der Waals surface area contributed by atoms with Crippen molar-refractivity contribution in [1.82, 2.24) is 0 Å². The summed E-state index contributed by atoms with van der Waals surface area (Å²) in [6, 6.07) is 33.4. The van der Waals surface area contributed by atoms with Crippen molar-refractivity contribution in [2.24, 2.45) is 5.41 Å². The van der Waals surface area contributed by atoms with Gasteiger partial charge in [0.25, 0.3) is 0 Å². The predicted octanol–water partition coefficient (Wildman–Crippen LogP) is 7.22. The maximum atomic E-state index is 6.46. The SMILES string of the molecule is CC(/C=C/C12OC1(C)CCCC2(C)C)=C\C[P+](c1ccccc1)(c1ccccc1)c1ccccc1. The molecule has 3 aromatic rings. The van der Waals surface area contributed by atoms with E-state index in [1.165, 1.54) is 34.3 Å². The molecule has 2 unspecified atom stereocenters. The van der Waals surface area contributed by atoms with Crippen LogP contribution in [0.1, 0.15) is 47.0 Å². The van der Waals surface area contributed by atoms with Crippen LogP contribution in [-0.4, -0.2) is 17.4 Å². The molecule has 1 saturated heterocycles. The molecule has 2 fully saturated rings. The van der Waals surface area contributed by atoms with Gasteiger partial charge >= 0.3 is 0 Å². The minimum absolute atomic E-state index is 0.000401. The minimum atomic E-state index is -1.85. The summed E-state index contributed by atoms with van der Waals surface area (Å²) in [5, 5.41) is 4.28. The van der Waals surface area contributed by atoms with Crippen molar-refractivity contribution in [3.05, 3.63) is 115 Å². The molecule has 0 spiro atoms. The van der Waals surface area contributed by atoms with Gasteiger partial charge in [-0.3, -0.25) is 0 Å². The van der Waals surface area contributed by atoms with E-state index in [1.807, 2.05) is 0 Å². The van der Waals surface area contributed by atoms with Crippen LogP contribution in [0.3, 0.4) is 0 Å². The molecule has 1 aliphatic heterocycles. The lowest BCUT2D eigenvalue weighted by atomic mass is 9.64. The third-order valence-corrected chi connectivity index (χ3v) is 12.7. The Morgan fingerprint density at radius 3 is 1.71 bits per heavy atom. The van der Waals surface area contributed by atoms with Gasteiger partial charge in [0, 0.05) is 5.41 Å². The van der Waals surface area contributed by atoms with Crippen molar-refractivity contribution in [3.63, 3.8) is 0 Å². The first-order chi connectivity index (χ1) is 16.8. The highest BCUT2D eigenvalue weighted by Gasteiger charge is 2.73. The van der Waals surface area contributed by atoms with Gasteiger partial charge in [0.1, 0.15) is 28.8 Å². The van der Waals surface area contributed by atoms with Crippen LogP contribution in [0.25, 0.3) is 0 Å². The van der Waals surface area contributed by atoms with E-state index in [9.17, 15) is 0 Å². The number of hydrogen-bond donors (Lipinski definition) is 0. The number of allylic oxidation sites excluding steroid dienone is 3. The lowest BCUT2D eigenvalue weighted by Gasteiger charge is -2.36. The van der Waals surface area contributed by atoms with Gasteiger partial charge in [-0.25, -0.2) is 0 Å². The van der Waals surface area contributed by atoms with Crippen molar-refractivity contribution < 1.29 is 4.74 Å². The normalized spacial score (nSPS) is 25.9. The average Bonchev–Trinajstić information content (AvgIpc) is 3.52. The molecule has 2 aliphatic rings. The second-order valence-corrected chi connectivity index (χ2v) is 14.6. The third-order valence-electron chi connectivity index (χ3n) is 8.45. The zero-order chi connectivity index (χ0) is 24.6. The summed E-state index contributed by atoms with van der Waals surface area (Å²) in [7, 11) is -1.85. The van der Waals surface area contributed by atoms with Gasteiger partial charge in [-0.1, -0.05) is 80.1 Å². The quantitative estimate of drug-likeness (QED) is 0.197. The monoisotopic (exact) mass is 481 g/mol. The van der Waals surface area contributed by atoms with Crippen LogP contribution in [0, 0.1) is 5.41 Å². The highest BCUT2D eigenvalue weighted by molar-refractivity contribution is 7.95. The van der Waals surface area contributed by atoms with E-state index in [2.05, 4.69) is 137 Å². The summed E-state index contributed by atoms with van der Waals surface area (Å²) < 4.78 is 6.46. The van der Waals surface area contributed by atoms with E-state index in [0.717, 1.165) is 12.6 Å². The number of benzene rings is 3. The first kappa shape index (κ1) is 24.2. The summed E-state index contributed by atoms with van der Waals surface area (Å²) in [6.07, 6.45) is 11.8. The summed E-state index contributed by atoms with van der Waals surface area (Å²) in [6.45, 7) is 9.29. The molecule has 1 aliphatic carbocycles. The third kappa shape index (κ3) is 4.14. The Labute approximate surface area is 212 Å². The van der Waals surface area contributed by atoms with Crippen molar-refractivity contribution >= 4 is 23.2 Å². The largest absolute Gasteiger partial charge is 0.358 e. The lowest BCUT2D eigenvalue weighted by molar-refractivity contribution is 0.166. The fourth-order valence-electron chi connectivity index (χ4n) is 6.32. The van der Waals surface area contributed by atoms with E-state index >= 15 is 0 Å². The Hall–Kier alpha value is -2.47. The van der Waals surface area contributed by atoms with Gasteiger partial charge in [0.15, 0.2) is 0 Å². The molecule has 35 heavy (non-hydrogen) atoms. The molecule has 1 heterocycles. The van der Waals surface area contributed by atoms with E-state index in [0.29, 0.717) is 0 Å². The maximum Gasteiger partial charge on any atom is 0.121 e. The van der Waals surface area contributed by atoms with Crippen molar-refractivity contribution in [3.8, 4) is 0 Å². The Balaban J connectivity index is 1.54. The number of ether oxygens (including phenoxy) is 1. The van der Waals surface area contributed by atoms with E-state index < -0.39 is 7.26 Å². The van der Waals surface area contributed by atoms with Crippen LogP contribution >= 0.6 is 7.26 Å². The summed E-state index contributed by atoms with van der Waals surface area (Å²) >= 11 is 0. The molecule has 3 aromatic carbocycles. The molecule has 0 bridgehead atoms. The minimum Gasteiger partial charge on any atom is -0.358 e. The van der Waals surface area contributed by atoms with Crippen molar-refractivity contribution in [2.45, 2.75) is 58.2 Å². The molecule has 0 aromatic heterocycles. The Kier molecular flexibility index (Phi) is 6.37. The molecular weight excluding hydrogens is 443 g/mol. The molecule has 2 heteroatoms. The van der Waals surface area contributed by atoms with Gasteiger partial charge in [0.05, 0.1) is 11.8 Å². The van der Waals surface area contributed by atoms with Crippen LogP contribution in [0.5, 0.6) is 0 Å². The first-order valence-electron chi connectivity index (χ1n) is 12.9. The highest BCUT2D eigenvalue weighted by Crippen LogP contribution is 2.66. The van der Waals surface area contributed by atoms with Crippen LogP contribution in [0.4, 0.5) is 0 Å². The Bertz CT molecular complexity index is 1120. The van der Waals surface area contributed by atoms with E-state index in [4.69, 9.17) is 4.74 Å². The molecule has 180 valence electrons. The zero-order valence-electron chi connectivity index (χ0n) is 21.6. The van der Waals surface area contributed by atoms with Crippen LogP contribution < -0.4 is 15.9 Å². The van der Waals surface area contributed by atoms with E-state index in [1.54, 1.807) is 0 Å². The van der Waals surface area contributed by atoms with Gasteiger partial charge in [-0.2, -0.15) is 0 Å². The number of fused-ring (bicyclic) bond motifs is 1. The molecule has 1 nitrogen and oxygen atoms in total. The van der Waals surface area contributed by atoms with Crippen LogP contribution in [-0.2, 0) is 4.74 Å². The zero-order valence-corrected chi connectivity index (χ0v) is 22.5. The molecule has 0 N–H and O–H groups in total. The molecule has 5 rings (SSSR count). The Morgan fingerprint density at radius 2 is 1.26 bits per heavy atom. The topological polar surface area (TPSA) is 12.5 Å². The van der Waals surface area contributed by atoms with Crippen molar-refractivity contribution in [2.75, 3.05) is 6.16 Å². The lowest BCUT2D eigenvalue weighted by Crippen LogP contribution is -2.41. The fourth-order valence-corrected chi connectivity index (χ4v) is 10.5. The molecule has 0 radical (unpaired) electrons. The van der Waals surface area contributed by atoms with Crippen LogP contribution in [0.15, 0.2) is 115 Å². The second kappa shape index (κ2) is 9.20. The average molecular weight is 482 g/mol. The second-order valence-electron chi connectivity index (χ2n) is 11.1. The fraction of sp³-hybridized carbons (Fsp3) is 0.333. The number of epoxide rings is 1. The van der Waals surface area contributed by atoms with Gasteiger partial charge in [-0.15, -0.1) is 0 Å². The number of hydrogen-bond acceptors (Lipinski definition) is 1. The molecule has 2 atom stereocenters.